The van der Waals surface area contributed by atoms with Crippen LogP contribution in [0.4, 0.5) is 0 Å². The van der Waals surface area contributed by atoms with Gasteiger partial charge in [0.15, 0.2) is 9.84 Å². The Morgan fingerprint density at radius 1 is 1.18 bits per heavy atom. The molecule has 0 radical (unpaired) electrons. The van der Waals surface area contributed by atoms with Crippen LogP contribution in [0, 0.1) is 0 Å². The molecular formula is C13H21NO2S. The van der Waals surface area contributed by atoms with Crippen LogP contribution in [0.5, 0.6) is 0 Å². The van der Waals surface area contributed by atoms with Gasteiger partial charge in [-0.15, -0.1) is 0 Å². The van der Waals surface area contributed by atoms with Gasteiger partial charge >= 0.3 is 0 Å². The van der Waals surface area contributed by atoms with Gasteiger partial charge < -0.3 is 5.32 Å². The van der Waals surface area contributed by atoms with Crippen LogP contribution in [0.3, 0.4) is 0 Å². The topological polar surface area (TPSA) is 46.2 Å². The van der Waals surface area contributed by atoms with Crippen LogP contribution >= 0.6 is 0 Å². The Morgan fingerprint density at radius 2 is 1.82 bits per heavy atom. The van der Waals surface area contributed by atoms with Crippen LogP contribution in [-0.4, -0.2) is 26.8 Å². The van der Waals surface area contributed by atoms with E-state index in [4.69, 9.17) is 0 Å². The fourth-order valence-corrected chi connectivity index (χ4v) is 3.59. The van der Waals surface area contributed by atoms with Crippen LogP contribution in [0.1, 0.15) is 25.8 Å². The van der Waals surface area contributed by atoms with Gasteiger partial charge in [-0.2, -0.15) is 0 Å². The van der Waals surface area contributed by atoms with Crippen molar-refractivity contribution in [3.63, 3.8) is 0 Å². The highest BCUT2D eigenvalue weighted by atomic mass is 32.2. The van der Waals surface area contributed by atoms with E-state index in [9.17, 15) is 8.42 Å². The zero-order chi connectivity index (χ0) is 12.7. The van der Waals surface area contributed by atoms with Crippen molar-refractivity contribution in [2.45, 2.75) is 32.1 Å². The second-order valence-corrected chi connectivity index (χ2v) is 6.31. The smallest absolute Gasteiger partial charge is 0.155 e. The molecule has 0 amide bonds. The lowest BCUT2D eigenvalue weighted by molar-refractivity contribution is 0.533. The highest BCUT2D eigenvalue weighted by Gasteiger charge is 2.17. The molecule has 0 aliphatic carbocycles. The van der Waals surface area contributed by atoms with Crippen molar-refractivity contribution in [2.75, 3.05) is 12.3 Å². The van der Waals surface area contributed by atoms with Gasteiger partial charge in [-0.25, -0.2) is 8.42 Å². The highest BCUT2D eigenvalue weighted by molar-refractivity contribution is 7.90. The molecule has 3 nitrogen and oxygen atoms in total. The summed E-state index contributed by atoms with van der Waals surface area (Å²) in [5, 5.41) is 3.20. The molecule has 0 aliphatic heterocycles. The third kappa shape index (κ3) is 5.33. The van der Waals surface area contributed by atoms with E-state index < -0.39 is 9.84 Å². The molecule has 0 heterocycles. The molecule has 17 heavy (non-hydrogen) atoms. The molecule has 1 N–H and O–H groups in total. The van der Waals surface area contributed by atoms with Crippen molar-refractivity contribution in [3.05, 3.63) is 35.9 Å². The molecule has 1 rings (SSSR count). The van der Waals surface area contributed by atoms with Gasteiger partial charge in [0.25, 0.3) is 0 Å². The number of hydrogen-bond acceptors (Lipinski definition) is 3. The first-order chi connectivity index (χ1) is 8.07. The van der Waals surface area contributed by atoms with Gasteiger partial charge in [-0.1, -0.05) is 44.2 Å². The van der Waals surface area contributed by atoms with Gasteiger partial charge in [0.1, 0.15) is 0 Å². The number of hydrogen-bond donors (Lipinski definition) is 1. The van der Waals surface area contributed by atoms with E-state index in [1.54, 1.807) is 0 Å². The fraction of sp³-hybridized carbons (Fsp3) is 0.538. The summed E-state index contributed by atoms with van der Waals surface area (Å²) in [6, 6.07) is 9.40. The van der Waals surface area contributed by atoms with E-state index in [1.165, 1.54) is 0 Å². The molecule has 0 spiro atoms. The summed E-state index contributed by atoms with van der Waals surface area (Å²) >= 11 is 0. The lowest BCUT2D eigenvalue weighted by Gasteiger charge is -2.15. The van der Waals surface area contributed by atoms with Crippen LogP contribution in [0.15, 0.2) is 30.3 Å². The Labute approximate surface area is 104 Å². The molecule has 0 saturated heterocycles. The summed E-state index contributed by atoms with van der Waals surface area (Å²) in [5.74, 6) is 0.349. The average Bonchev–Trinajstić information content (AvgIpc) is 2.29. The molecule has 0 aromatic heterocycles. The molecule has 96 valence electrons. The molecule has 1 atom stereocenters. The summed E-state index contributed by atoms with van der Waals surface area (Å²) in [5.41, 5.74) is 0.860. The van der Waals surface area contributed by atoms with Crippen molar-refractivity contribution in [1.29, 1.82) is 0 Å². The molecule has 1 aromatic carbocycles. The van der Waals surface area contributed by atoms with Gasteiger partial charge in [0, 0.05) is 6.04 Å². The maximum Gasteiger partial charge on any atom is 0.155 e. The normalized spacial score (nSPS) is 13.5. The summed E-state index contributed by atoms with van der Waals surface area (Å²) in [4.78, 5) is 0. The Kier molecular flexibility index (Phi) is 5.65. The summed E-state index contributed by atoms with van der Waals surface area (Å²) < 4.78 is 24.0. The van der Waals surface area contributed by atoms with E-state index in [0.29, 0.717) is 0 Å². The maximum absolute atomic E-state index is 12.0. The van der Waals surface area contributed by atoms with Crippen LogP contribution < -0.4 is 5.32 Å². The minimum absolute atomic E-state index is 0.0636. The quantitative estimate of drug-likeness (QED) is 0.810. The van der Waals surface area contributed by atoms with Crippen molar-refractivity contribution < 1.29 is 8.42 Å². The van der Waals surface area contributed by atoms with E-state index in [-0.39, 0.29) is 17.5 Å². The van der Waals surface area contributed by atoms with Crippen LogP contribution in [0.2, 0.25) is 0 Å². The van der Waals surface area contributed by atoms with E-state index >= 15 is 0 Å². The second kappa shape index (κ2) is 6.77. The molecule has 0 bridgehead atoms. The Morgan fingerprint density at radius 3 is 2.35 bits per heavy atom. The van der Waals surface area contributed by atoms with Crippen molar-refractivity contribution in [1.82, 2.24) is 5.32 Å². The Balaban J connectivity index is 2.63. The van der Waals surface area contributed by atoms with Crippen molar-refractivity contribution in [3.8, 4) is 0 Å². The second-order valence-electron chi connectivity index (χ2n) is 4.20. The highest BCUT2D eigenvalue weighted by Crippen LogP contribution is 2.08. The first-order valence-electron chi connectivity index (χ1n) is 6.05. The molecule has 0 aliphatic rings. The molecule has 1 aromatic rings. The Hall–Kier alpha value is -0.870. The molecule has 4 heteroatoms. The lowest BCUT2D eigenvalue weighted by Crippen LogP contribution is -2.35. The van der Waals surface area contributed by atoms with E-state index in [0.717, 1.165) is 18.5 Å². The number of rotatable bonds is 7. The lowest BCUT2D eigenvalue weighted by atomic mass is 10.2. The third-order valence-electron chi connectivity index (χ3n) is 2.67. The zero-order valence-electron chi connectivity index (χ0n) is 10.5. The van der Waals surface area contributed by atoms with Crippen LogP contribution in [0.25, 0.3) is 0 Å². The first kappa shape index (κ1) is 14.2. The predicted molar refractivity (Wildman–Crippen MR) is 71.7 cm³/mol. The standard InChI is InChI=1S/C13H21NO2S/c1-3-13(14-4-2)11-17(15,16)10-12-8-6-5-7-9-12/h5-9,13-14H,3-4,10-11H2,1-2H3. The number of sulfone groups is 1. The maximum atomic E-state index is 12.0. The summed E-state index contributed by atoms with van der Waals surface area (Å²) in [6.07, 6.45) is 0.835. The van der Waals surface area contributed by atoms with Crippen molar-refractivity contribution in [2.24, 2.45) is 0 Å². The van der Waals surface area contributed by atoms with E-state index in [2.05, 4.69) is 5.32 Å². The van der Waals surface area contributed by atoms with Gasteiger partial charge in [-0.05, 0) is 18.5 Å². The van der Waals surface area contributed by atoms with Gasteiger partial charge in [0.2, 0.25) is 0 Å². The summed E-state index contributed by atoms with van der Waals surface area (Å²) in [7, 11) is -3.03. The largest absolute Gasteiger partial charge is 0.313 e. The zero-order valence-corrected chi connectivity index (χ0v) is 11.3. The predicted octanol–water partition coefficient (Wildman–Crippen LogP) is 1.99. The van der Waals surface area contributed by atoms with Crippen LogP contribution in [-0.2, 0) is 15.6 Å². The molecule has 1 unspecified atom stereocenters. The van der Waals surface area contributed by atoms with E-state index in [1.807, 2.05) is 44.2 Å². The number of nitrogens with one attached hydrogen (secondary N) is 1. The van der Waals surface area contributed by atoms with Gasteiger partial charge in [-0.3, -0.25) is 0 Å². The molecule has 0 fully saturated rings. The number of benzene rings is 1. The minimum Gasteiger partial charge on any atom is -0.313 e. The SMILES string of the molecule is CCNC(CC)CS(=O)(=O)Cc1ccccc1. The first-order valence-corrected chi connectivity index (χ1v) is 7.87. The Bertz CT molecular complexity index is 414. The minimum atomic E-state index is -3.03. The van der Waals surface area contributed by atoms with Crippen molar-refractivity contribution >= 4 is 9.84 Å². The fourth-order valence-electron chi connectivity index (χ4n) is 1.80. The third-order valence-corrected chi connectivity index (χ3v) is 4.35. The molecule has 0 saturated carbocycles. The summed E-state index contributed by atoms with van der Waals surface area (Å²) in [6.45, 7) is 4.80. The van der Waals surface area contributed by atoms with Gasteiger partial charge in [0.05, 0.1) is 11.5 Å². The molecular weight excluding hydrogens is 234 g/mol. The average molecular weight is 255 g/mol. The monoisotopic (exact) mass is 255 g/mol.